The van der Waals surface area contributed by atoms with Gasteiger partial charge >= 0.3 is 10.2 Å². The molecular weight excluding hydrogens is 288 g/mol. The monoisotopic (exact) mass is 312 g/mol. The van der Waals surface area contributed by atoms with Crippen LogP contribution in [0.25, 0.3) is 0 Å². The van der Waals surface area contributed by atoms with Gasteiger partial charge in [-0.15, -0.1) is 0 Å². The summed E-state index contributed by atoms with van der Waals surface area (Å²) in [5, 5.41) is 0. The van der Waals surface area contributed by atoms with Gasteiger partial charge in [-0.25, -0.2) is 0 Å². The molecule has 0 aliphatic carbocycles. The van der Waals surface area contributed by atoms with Crippen molar-refractivity contribution in [3.05, 3.63) is 23.8 Å². The number of rotatable bonds is 6. The van der Waals surface area contributed by atoms with Crippen molar-refractivity contribution >= 4 is 15.9 Å². The number of anilines is 1. The van der Waals surface area contributed by atoms with Gasteiger partial charge in [0.25, 0.3) is 0 Å². The van der Waals surface area contributed by atoms with Crippen molar-refractivity contribution in [2.75, 3.05) is 31.6 Å². The summed E-state index contributed by atoms with van der Waals surface area (Å²) in [6, 6.07) is 5.60. The normalized spacial score (nSPS) is 15.1. The van der Waals surface area contributed by atoms with Crippen LogP contribution in [0, 0.1) is 0 Å². The highest BCUT2D eigenvalue weighted by molar-refractivity contribution is 7.90. The van der Waals surface area contributed by atoms with E-state index in [0.29, 0.717) is 13.1 Å². The molecule has 0 amide bonds. The van der Waals surface area contributed by atoms with E-state index >= 15 is 0 Å². The lowest BCUT2D eigenvalue weighted by Crippen LogP contribution is -2.44. The molecule has 2 rings (SSSR count). The number of hydrogen-bond donors (Lipinski definition) is 0. The predicted molar refractivity (Wildman–Crippen MR) is 85.1 cm³/mol. The van der Waals surface area contributed by atoms with Gasteiger partial charge in [0.05, 0.1) is 12.8 Å². The average molecular weight is 312 g/mol. The van der Waals surface area contributed by atoms with Gasteiger partial charge in [0.2, 0.25) is 0 Å². The highest BCUT2D eigenvalue weighted by Gasteiger charge is 2.30. The summed E-state index contributed by atoms with van der Waals surface area (Å²) in [7, 11) is -0.163. The lowest BCUT2D eigenvalue weighted by Gasteiger charge is -2.33. The molecule has 0 saturated heterocycles. The van der Waals surface area contributed by atoms with Crippen LogP contribution in [0.5, 0.6) is 5.75 Å². The molecule has 0 spiro atoms. The van der Waals surface area contributed by atoms with E-state index in [4.69, 9.17) is 4.74 Å². The first kappa shape index (κ1) is 16.1. The highest BCUT2D eigenvalue weighted by atomic mass is 32.2. The number of nitrogens with zero attached hydrogens (tertiary/aromatic N) is 2. The Morgan fingerprint density at radius 1 is 1.38 bits per heavy atom. The van der Waals surface area contributed by atoms with Crippen molar-refractivity contribution in [3.8, 4) is 5.75 Å². The summed E-state index contributed by atoms with van der Waals surface area (Å²) in [4.78, 5) is 0. The van der Waals surface area contributed by atoms with Crippen LogP contribution in [0.1, 0.15) is 31.7 Å². The number of aryl methyl sites for hydroxylation is 1. The number of fused-ring (bicyclic) bond motifs is 1. The van der Waals surface area contributed by atoms with Crippen LogP contribution in [-0.2, 0) is 16.6 Å². The SMILES string of the molecule is CCCCN(C)S(=O)(=O)N1CCCc2cc(OC)ccc21. The maximum Gasteiger partial charge on any atom is 0.303 e. The third-order valence-electron chi connectivity index (χ3n) is 3.86. The second-order valence-corrected chi connectivity index (χ2v) is 7.31. The lowest BCUT2D eigenvalue weighted by atomic mass is 10.0. The van der Waals surface area contributed by atoms with Crippen molar-refractivity contribution < 1.29 is 13.2 Å². The molecule has 1 aliphatic heterocycles. The smallest absolute Gasteiger partial charge is 0.303 e. The van der Waals surface area contributed by atoms with Crippen molar-refractivity contribution in [1.29, 1.82) is 0 Å². The molecule has 0 fully saturated rings. The minimum atomic E-state index is -3.44. The van der Waals surface area contributed by atoms with Crippen molar-refractivity contribution in [2.24, 2.45) is 0 Å². The molecule has 0 bridgehead atoms. The van der Waals surface area contributed by atoms with Gasteiger partial charge in [-0.1, -0.05) is 13.3 Å². The quantitative estimate of drug-likeness (QED) is 0.810. The van der Waals surface area contributed by atoms with Crippen molar-refractivity contribution in [2.45, 2.75) is 32.6 Å². The third-order valence-corrected chi connectivity index (χ3v) is 5.77. The predicted octanol–water partition coefficient (Wildman–Crippen LogP) is 2.42. The van der Waals surface area contributed by atoms with Gasteiger partial charge in [0.15, 0.2) is 0 Å². The fourth-order valence-electron chi connectivity index (χ4n) is 2.57. The molecule has 0 radical (unpaired) electrons. The zero-order chi connectivity index (χ0) is 15.5. The molecule has 0 saturated carbocycles. The van der Waals surface area contributed by atoms with Gasteiger partial charge in [-0.3, -0.25) is 4.31 Å². The van der Waals surface area contributed by atoms with Crippen LogP contribution < -0.4 is 9.04 Å². The minimum absolute atomic E-state index is 0.540. The largest absolute Gasteiger partial charge is 0.497 e. The van der Waals surface area contributed by atoms with E-state index in [1.54, 1.807) is 14.2 Å². The van der Waals surface area contributed by atoms with Crippen LogP contribution in [0.15, 0.2) is 18.2 Å². The first-order valence-electron chi connectivity index (χ1n) is 7.41. The Kier molecular flexibility index (Phi) is 5.11. The highest BCUT2D eigenvalue weighted by Crippen LogP contribution is 2.32. The maximum atomic E-state index is 12.7. The van der Waals surface area contributed by atoms with E-state index in [1.165, 1.54) is 8.61 Å². The van der Waals surface area contributed by atoms with Gasteiger partial charge < -0.3 is 4.74 Å². The summed E-state index contributed by atoms with van der Waals surface area (Å²) >= 11 is 0. The Morgan fingerprint density at radius 2 is 2.14 bits per heavy atom. The molecular formula is C15H24N2O3S. The third kappa shape index (κ3) is 3.32. The van der Waals surface area contributed by atoms with E-state index in [1.807, 2.05) is 18.2 Å². The van der Waals surface area contributed by atoms with Crippen LogP contribution in [0.4, 0.5) is 5.69 Å². The number of unbranched alkanes of at least 4 members (excludes halogenated alkanes) is 1. The summed E-state index contributed by atoms with van der Waals surface area (Å²) in [5.41, 5.74) is 1.82. The van der Waals surface area contributed by atoms with Gasteiger partial charge in [0, 0.05) is 20.1 Å². The second-order valence-electron chi connectivity index (χ2n) is 5.35. The zero-order valence-electron chi connectivity index (χ0n) is 13.0. The molecule has 1 aromatic carbocycles. The number of benzene rings is 1. The van der Waals surface area contributed by atoms with E-state index in [0.717, 1.165) is 42.7 Å². The number of ether oxygens (including phenoxy) is 1. The van der Waals surface area contributed by atoms with E-state index in [-0.39, 0.29) is 0 Å². The molecule has 0 unspecified atom stereocenters. The van der Waals surface area contributed by atoms with E-state index in [2.05, 4.69) is 6.92 Å². The van der Waals surface area contributed by atoms with E-state index in [9.17, 15) is 8.42 Å². The fraction of sp³-hybridized carbons (Fsp3) is 0.600. The van der Waals surface area contributed by atoms with Gasteiger partial charge in [0.1, 0.15) is 5.75 Å². The summed E-state index contributed by atoms with van der Waals surface area (Å²) in [5.74, 6) is 0.771. The Bertz CT molecular complexity index is 587. The molecule has 6 heteroatoms. The number of methoxy groups -OCH3 is 1. The summed E-state index contributed by atoms with van der Waals surface area (Å²) in [6.07, 6.45) is 3.57. The summed E-state index contributed by atoms with van der Waals surface area (Å²) in [6.45, 7) is 3.15. The average Bonchev–Trinajstić information content (AvgIpc) is 2.51. The van der Waals surface area contributed by atoms with Crippen LogP contribution >= 0.6 is 0 Å². The Hall–Kier alpha value is -1.27. The first-order valence-corrected chi connectivity index (χ1v) is 8.81. The molecule has 1 heterocycles. The topological polar surface area (TPSA) is 49.9 Å². The molecule has 0 aromatic heterocycles. The Balaban J connectivity index is 2.30. The minimum Gasteiger partial charge on any atom is -0.497 e. The van der Waals surface area contributed by atoms with Crippen LogP contribution in [0.3, 0.4) is 0 Å². The van der Waals surface area contributed by atoms with Crippen molar-refractivity contribution in [1.82, 2.24) is 4.31 Å². The Morgan fingerprint density at radius 3 is 2.81 bits per heavy atom. The first-order chi connectivity index (χ1) is 10.0. The van der Waals surface area contributed by atoms with Crippen LogP contribution in [0.2, 0.25) is 0 Å². The maximum absolute atomic E-state index is 12.7. The van der Waals surface area contributed by atoms with Crippen molar-refractivity contribution in [3.63, 3.8) is 0 Å². The fourth-order valence-corrected chi connectivity index (χ4v) is 4.05. The number of hydrogen-bond acceptors (Lipinski definition) is 3. The molecule has 21 heavy (non-hydrogen) atoms. The molecule has 0 atom stereocenters. The molecule has 1 aliphatic rings. The Labute approximate surface area is 127 Å². The standard InChI is InChI=1S/C15H24N2O3S/c1-4-5-10-16(2)21(18,19)17-11-6-7-13-12-14(20-3)8-9-15(13)17/h8-9,12H,4-7,10-11H2,1-3H3. The molecule has 0 N–H and O–H groups in total. The van der Waals surface area contributed by atoms with Gasteiger partial charge in [-0.2, -0.15) is 12.7 Å². The summed E-state index contributed by atoms with van der Waals surface area (Å²) < 4.78 is 33.7. The molecule has 1 aromatic rings. The zero-order valence-corrected chi connectivity index (χ0v) is 13.8. The van der Waals surface area contributed by atoms with Crippen LogP contribution in [-0.4, -0.2) is 40.0 Å². The van der Waals surface area contributed by atoms with E-state index < -0.39 is 10.2 Å². The molecule has 5 nitrogen and oxygen atoms in total. The lowest BCUT2D eigenvalue weighted by molar-refractivity contribution is 0.414. The van der Waals surface area contributed by atoms with Gasteiger partial charge in [-0.05, 0) is 43.0 Å². The second kappa shape index (κ2) is 6.66. The molecule has 118 valence electrons.